The minimum Gasteiger partial charge on any atom is -0.494 e. The van der Waals surface area contributed by atoms with Crippen LogP contribution in [0, 0.1) is 0 Å². The minimum atomic E-state index is -0.343. The summed E-state index contributed by atoms with van der Waals surface area (Å²) in [5.74, 6) is 0.456. The first kappa shape index (κ1) is 19.1. The van der Waals surface area contributed by atoms with Gasteiger partial charge >= 0.3 is 0 Å². The van der Waals surface area contributed by atoms with Gasteiger partial charge in [-0.3, -0.25) is 4.79 Å². The van der Waals surface area contributed by atoms with Gasteiger partial charge in [0.2, 0.25) is 0 Å². The highest BCUT2D eigenvalue weighted by atomic mass is 35.5. The van der Waals surface area contributed by atoms with E-state index in [1.54, 1.807) is 18.2 Å². The zero-order chi connectivity index (χ0) is 19.2. The van der Waals surface area contributed by atoms with Crippen LogP contribution in [-0.4, -0.2) is 17.1 Å². The summed E-state index contributed by atoms with van der Waals surface area (Å²) in [6.45, 7) is 6.91. The second kappa shape index (κ2) is 8.84. The maximum atomic E-state index is 12.3. The molecule has 3 aromatic rings. The SMILES string of the molecule is C=CCn1c(=NC(=O)/C=C/c2ccccc2Cl)sc2cc(OCC)ccc21. The number of ether oxygens (including phenoxy) is 1. The van der Waals surface area contributed by atoms with Gasteiger partial charge in [0.05, 0.1) is 16.8 Å². The van der Waals surface area contributed by atoms with Crippen LogP contribution in [0.25, 0.3) is 16.3 Å². The first-order valence-electron chi connectivity index (χ1n) is 8.50. The van der Waals surface area contributed by atoms with Gasteiger partial charge in [-0.05, 0) is 42.8 Å². The molecule has 1 heterocycles. The van der Waals surface area contributed by atoms with E-state index in [2.05, 4.69) is 11.6 Å². The molecule has 0 N–H and O–H groups in total. The van der Waals surface area contributed by atoms with Crippen LogP contribution in [0.15, 0.2) is 66.2 Å². The smallest absolute Gasteiger partial charge is 0.272 e. The molecule has 2 aromatic carbocycles. The van der Waals surface area contributed by atoms with Crippen molar-refractivity contribution in [2.24, 2.45) is 4.99 Å². The van der Waals surface area contributed by atoms with Crippen molar-refractivity contribution in [2.75, 3.05) is 6.61 Å². The third-order valence-corrected chi connectivity index (χ3v) is 5.18. The molecule has 0 bridgehead atoms. The van der Waals surface area contributed by atoms with Crippen molar-refractivity contribution >= 4 is 45.1 Å². The average Bonchev–Trinajstić information content (AvgIpc) is 2.98. The van der Waals surface area contributed by atoms with Crippen LogP contribution in [0.1, 0.15) is 12.5 Å². The number of allylic oxidation sites excluding steroid dienone is 1. The number of halogens is 1. The van der Waals surface area contributed by atoms with Gasteiger partial charge < -0.3 is 9.30 Å². The van der Waals surface area contributed by atoms with Gasteiger partial charge in [0.15, 0.2) is 4.80 Å². The fraction of sp³-hybridized carbons (Fsp3) is 0.143. The standard InChI is InChI=1S/C21H19ClN2O2S/c1-3-13-24-18-11-10-16(26-4-2)14-19(18)27-21(24)23-20(25)12-9-15-7-5-6-8-17(15)22/h3,5-12,14H,1,4,13H2,2H3/b12-9+,23-21?. The van der Waals surface area contributed by atoms with Crippen molar-refractivity contribution < 1.29 is 9.53 Å². The van der Waals surface area contributed by atoms with Crippen LogP contribution in [0.5, 0.6) is 5.75 Å². The third kappa shape index (κ3) is 4.56. The molecule has 0 aliphatic heterocycles. The molecule has 0 atom stereocenters. The quantitative estimate of drug-likeness (QED) is 0.429. The van der Waals surface area contributed by atoms with Crippen molar-refractivity contribution in [2.45, 2.75) is 13.5 Å². The van der Waals surface area contributed by atoms with Gasteiger partial charge in [0, 0.05) is 17.6 Å². The predicted octanol–water partition coefficient (Wildman–Crippen LogP) is 5.08. The van der Waals surface area contributed by atoms with E-state index in [1.165, 1.54) is 17.4 Å². The zero-order valence-corrected chi connectivity index (χ0v) is 16.5. The predicted molar refractivity (Wildman–Crippen MR) is 112 cm³/mol. The topological polar surface area (TPSA) is 43.6 Å². The number of hydrogen-bond acceptors (Lipinski definition) is 3. The van der Waals surface area contributed by atoms with E-state index in [-0.39, 0.29) is 5.91 Å². The lowest BCUT2D eigenvalue weighted by atomic mass is 10.2. The Labute approximate surface area is 166 Å². The monoisotopic (exact) mass is 398 g/mol. The first-order valence-corrected chi connectivity index (χ1v) is 9.70. The summed E-state index contributed by atoms with van der Waals surface area (Å²) < 4.78 is 8.53. The fourth-order valence-corrected chi connectivity index (χ4v) is 3.88. The highest BCUT2D eigenvalue weighted by Gasteiger charge is 2.08. The first-order chi connectivity index (χ1) is 13.1. The van der Waals surface area contributed by atoms with Crippen LogP contribution in [0.2, 0.25) is 5.02 Å². The molecule has 0 aliphatic carbocycles. The van der Waals surface area contributed by atoms with Crippen LogP contribution in [-0.2, 0) is 11.3 Å². The van der Waals surface area contributed by atoms with Gasteiger partial charge in [-0.1, -0.05) is 47.2 Å². The molecule has 6 heteroatoms. The van der Waals surface area contributed by atoms with E-state index in [0.29, 0.717) is 23.0 Å². The maximum Gasteiger partial charge on any atom is 0.272 e. The lowest BCUT2D eigenvalue weighted by Crippen LogP contribution is -2.15. The summed E-state index contributed by atoms with van der Waals surface area (Å²) in [6.07, 6.45) is 4.88. The molecule has 1 aromatic heterocycles. The fourth-order valence-electron chi connectivity index (χ4n) is 2.60. The van der Waals surface area contributed by atoms with E-state index >= 15 is 0 Å². The van der Waals surface area contributed by atoms with Crippen molar-refractivity contribution in [3.8, 4) is 5.75 Å². The highest BCUT2D eigenvalue weighted by molar-refractivity contribution is 7.16. The minimum absolute atomic E-state index is 0.343. The van der Waals surface area contributed by atoms with Gasteiger partial charge in [0.1, 0.15) is 5.75 Å². The molecule has 0 saturated heterocycles. The Morgan fingerprint density at radius 2 is 2.15 bits per heavy atom. The number of hydrogen-bond donors (Lipinski definition) is 0. The average molecular weight is 399 g/mol. The Morgan fingerprint density at radius 3 is 2.89 bits per heavy atom. The van der Waals surface area contributed by atoms with Crippen LogP contribution < -0.4 is 9.54 Å². The zero-order valence-electron chi connectivity index (χ0n) is 14.9. The van der Waals surface area contributed by atoms with E-state index in [0.717, 1.165) is 21.5 Å². The summed E-state index contributed by atoms with van der Waals surface area (Å²) in [5, 5.41) is 0.591. The molecule has 138 valence electrons. The summed E-state index contributed by atoms with van der Waals surface area (Å²) >= 11 is 7.55. The number of nitrogens with zero attached hydrogens (tertiary/aromatic N) is 2. The molecule has 0 spiro atoms. The Bertz CT molecular complexity index is 1080. The van der Waals surface area contributed by atoms with Gasteiger partial charge in [0.25, 0.3) is 5.91 Å². The van der Waals surface area contributed by atoms with Gasteiger partial charge in [-0.15, -0.1) is 6.58 Å². The molecule has 0 fully saturated rings. The summed E-state index contributed by atoms with van der Waals surface area (Å²) in [5.41, 5.74) is 1.77. The lowest BCUT2D eigenvalue weighted by molar-refractivity contribution is -0.113. The van der Waals surface area contributed by atoms with Gasteiger partial charge in [-0.25, -0.2) is 0 Å². The van der Waals surface area contributed by atoms with Crippen LogP contribution in [0.4, 0.5) is 0 Å². The molecule has 0 unspecified atom stereocenters. The number of amides is 1. The number of fused-ring (bicyclic) bond motifs is 1. The molecule has 0 saturated carbocycles. The molecule has 3 rings (SSSR count). The van der Waals surface area contributed by atoms with Crippen LogP contribution in [0.3, 0.4) is 0 Å². The summed E-state index contributed by atoms with van der Waals surface area (Å²) in [4.78, 5) is 17.2. The molecule has 27 heavy (non-hydrogen) atoms. The molecular weight excluding hydrogens is 380 g/mol. The number of carbonyl (C=O) groups excluding carboxylic acids is 1. The molecule has 4 nitrogen and oxygen atoms in total. The van der Waals surface area contributed by atoms with E-state index in [1.807, 2.05) is 47.9 Å². The number of benzene rings is 2. The van der Waals surface area contributed by atoms with Crippen molar-refractivity contribution in [3.05, 3.63) is 76.6 Å². The summed E-state index contributed by atoms with van der Waals surface area (Å²) in [7, 11) is 0. The second-order valence-electron chi connectivity index (χ2n) is 5.65. The van der Waals surface area contributed by atoms with Crippen molar-refractivity contribution in [1.82, 2.24) is 4.57 Å². The normalized spacial score (nSPS) is 12.0. The Hall–Kier alpha value is -2.63. The number of carbonyl (C=O) groups is 1. The lowest BCUT2D eigenvalue weighted by Gasteiger charge is -2.04. The Balaban J connectivity index is 1.98. The van der Waals surface area contributed by atoms with Crippen LogP contribution >= 0.6 is 22.9 Å². The maximum absolute atomic E-state index is 12.3. The summed E-state index contributed by atoms with van der Waals surface area (Å²) in [6, 6.07) is 13.2. The van der Waals surface area contributed by atoms with E-state index in [4.69, 9.17) is 16.3 Å². The number of rotatable bonds is 6. The second-order valence-corrected chi connectivity index (χ2v) is 7.07. The molecule has 0 radical (unpaired) electrons. The highest BCUT2D eigenvalue weighted by Crippen LogP contribution is 2.23. The molecular formula is C21H19ClN2O2S. The van der Waals surface area contributed by atoms with E-state index < -0.39 is 0 Å². The third-order valence-electron chi connectivity index (χ3n) is 3.79. The largest absolute Gasteiger partial charge is 0.494 e. The molecule has 0 aliphatic rings. The van der Waals surface area contributed by atoms with Crippen molar-refractivity contribution in [1.29, 1.82) is 0 Å². The Morgan fingerprint density at radius 1 is 1.33 bits per heavy atom. The molecule has 1 amide bonds. The van der Waals surface area contributed by atoms with Gasteiger partial charge in [-0.2, -0.15) is 4.99 Å². The number of thiazole rings is 1. The Kier molecular flexibility index (Phi) is 6.27. The van der Waals surface area contributed by atoms with E-state index in [9.17, 15) is 4.79 Å². The van der Waals surface area contributed by atoms with Crippen molar-refractivity contribution in [3.63, 3.8) is 0 Å². The number of aromatic nitrogens is 1.